The summed E-state index contributed by atoms with van der Waals surface area (Å²) in [4.78, 5) is 11.9. The summed E-state index contributed by atoms with van der Waals surface area (Å²) in [6.07, 6.45) is 0. The summed E-state index contributed by atoms with van der Waals surface area (Å²) in [6.45, 7) is 0.163. The van der Waals surface area contributed by atoms with Crippen molar-refractivity contribution in [1.29, 1.82) is 0 Å². The molecular weight excluding hydrogens is 260 g/mol. The van der Waals surface area contributed by atoms with Crippen LogP contribution >= 0.6 is 0 Å². The molecule has 100 valence electrons. The van der Waals surface area contributed by atoms with E-state index in [0.717, 1.165) is 5.56 Å². The number of carbonyl (C=O) groups is 1. The minimum atomic E-state index is -0.385. The first-order valence-corrected chi connectivity index (χ1v) is 5.85. The Balaban J connectivity index is 1.69. The summed E-state index contributed by atoms with van der Waals surface area (Å²) in [7, 11) is 0. The van der Waals surface area contributed by atoms with Crippen LogP contribution in [0.4, 0.5) is 0 Å². The summed E-state index contributed by atoms with van der Waals surface area (Å²) in [6, 6.07) is 11.0. The number of hydrogen-bond acceptors (Lipinski definition) is 6. The highest BCUT2D eigenvalue weighted by atomic mass is 16.5. The van der Waals surface area contributed by atoms with E-state index in [2.05, 4.69) is 31.1 Å². The van der Waals surface area contributed by atoms with Crippen molar-refractivity contribution in [1.82, 2.24) is 31.1 Å². The number of aromatic amines is 1. The van der Waals surface area contributed by atoms with Gasteiger partial charge in [-0.2, -0.15) is 5.21 Å². The average molecular weight is 270 g/mol. The quantitative estimate of drug-likeness (QED) is 0.725. The first-order chi connectivity index (χ1) is 9.83. The van der Waals surface area contributed by atoms with Crippen molar-refractivity contribution in [3.63, 3.8) is 0 Å². The SMILES string of the molecule is O=C(NCc1nn[nH]n1)c1cc(-c2ccccc2)no1. The van der Waals surface area contributed by atoms with Gasteiger partial charge in [-0.15, -0.1) is 10.2 Å². The van der Waals surface area contributed by atoms with Crippen LogP contribution in [0.25, 0.3) is 11.3 Å². The van der Waals surface area contributed by atoms with Crippen molar-refractivity contribution in [3.05, 3.63) is 48.0 Å². The summed E-state index contributed by atoms with van der Waals surface area (Å²) in [5.41, 5.74) is 1.49. The van der Waals surface area contributed by atoms with Crippen molar-refractivity contribution in [2.45, 2.75) is 6.54 Å². The summed E-state index contributed by atoms with van der Waals surface area (Å²) < 4.78 is 5.02. The molecule has 1 aromatic carbocycles. The van der Waals surface area contributed by atoms with E-state index < -0.39 is 0 Å². The topological polar surface area (TPSA) is 110 Å². The second-order valence-corrected chi connectivity index (χ2v) is 3.95. The molecule has 8 nitrogen and oxygen atoms in total. The molecule has 2 N–H and O–H groups in total. The number of hydrogen-bond donors (Lipinski definition) is 2. The number of nitrogens with one attached hydrogen (secondary N) is 2. The molecule has 0 saturated carbocycles. The van der Waals surface area contributed by atoms with Gasteiger partial charge in [-0.3, -0.25) is 4.79 Å². The third-order valence-corrected chi connectivity index (χ3v) is 2.60. The molecule has 2 aromatic heterocycles. The van der Waals surface area contributed by atoms with Gasteiger partial charge in [-0.1, -0.05) is 40.7 Å². The average Bonchev–Trinajstić information content (AvgIpc) is 3.17. The van der Waals surface area contributed by atoms with E-state index in [0.29, 0.717) is 11.5 Å². The predicted molar refractivity (Wildman–Crippen MR) is 67.3 cm³/mol. The van der Waals surface area contributed by atoms with Crippen molar-refractivity contribution in [3.8, 4) is 11.3 Å². The van der Waals surface area contributed by atoms with Crippen molar-refractivity contribution < 1.29 is 9.32 Å². The fourth-order valence-corrected chi connectivity index (χ4v) is 1.63. The molecule has 8 heteroatoms. The molecule has 3 aromatic rings. The highest BCUT2D eigenvalue weighted by Crippen LogP contribution is 2.18. The number of amides is 1. The highest BCUT2D eigenvalue weighted by molar-refractivity contribution is 5.92. The van der Waals surface area contributed by atoms with Gasteiger partial charge in [-0.25, -0.2) is 0 Å². The van der Waals surface area contributed by atoms with Crippen molar-refractivity contribution >= 4 is 5.91 Å². The van der Waals surface area contributed by atoms with Crippen molar-refractivity contribution in [2.75, 3.05) is 0 Å². The zero-order valence-electron chi connectivity index (χ0n) is 10.3. The van der Waals surface area contributed by atoms with Crippen LogP contribution in [-0.2, 0) is 6.54 Å². The molecule has 0 saturated heterocycles. The lowest BCUT2D eigenvalue weighted by molar-refractivity contribution is 0.0913. The molecule has 0 aliphatic heterocycles. The van der Waals surface area contributed by atoms with Gasteiger partial charge >= 0.3 is 0 Å². The van der Waals surface area contributed by atoms with E-state index in [1.54, 1.807) is 6.07 Å². The monoisotopic (exact) mass is 270 g/mol. The van der Waals surface area contributed by atoms with Crippen molar-refractivity contribution in [2.24, 2.45) is 0 Å². The lowest BCUT2D eigenvalue weighted by Gasteiger charge is -1.96. The Kier molecular flexibility index (Phi) is 3.19. The number of aromatic nitrogens is 5. The Labute approximate surface area is 113 Å². The van der Waals surface area contributed by atoms with Gasteiger partial charge in [0.25, 0.3) is 5.91 Å². The van der Waals surface area contributed by atoms with E-state index in [-0.39, 0.29) is 18.2 Å². The van der Waals surface area contributed by atoms with Gasteiger partial charge in [0.05, 0.1) is 6.54 Å². The summed E-state index contributed by atoms with van der Waals surface area (Å²) >= 11 is 0. The summed E-state index contributed by atoms with van der Waals surface area (Å²) in [5.74, 6) is 0.137. The fraction of sp³-hybridized carbons (Fsp3) is 0.0833. The van der Waals surface area contributed by atoms with Gasteiger partial charge in [0, 0.05) is 11.6 Å². The molecule has 0 spiro atoms. The third kappa shape index (κ3) is 2.53. The second-order valence-electron chi connectivity index (χ2n) is 3.95. The standard InChI is InChI=1S/C12H10N6O2/c19-12(13-7-11-14-17-18-15-11)10-6-9(16-20-10)8-4-2-1-3-5-8/h1-6H,7H2,(H,13,19)(H,14,15,17,18). The largest absolute Gasteiger partial charge is 0.350 e. The number of H-pyrrole nitrogens is 1. The Morgan fingerprint density at radius 1 is 1.30 bits per heavy atom. The van der Waals surface area contributed by atoms with Gasteiger partial charge in [-0.05, 0) is 0 Å². The molecular formula is C12H10N6O2. The number of tetrazole rings is 1. The maximum atomic E-state index is 11.9. The van der Waals surface area contributed by atoms with Gasteiger partial charge in [0.1, 0.15) is 5.69 Å². The van der Waals surface area contributed by atoms with Crippen LogP contribution in [0.3, 0.4) is 0 Å². The molecule has 20 heavy (non-hydrogen) atoms. The van der Waals surface area contributed by atoms with Crippen LogP contribution in [0.5, 0.6) is 0 Å². The first kappa shape index (κ1) is 12.0. The second kappa shape index (κ2) is 5.31. The zero-order valence-corrected chi connectivity index (χ0v) is 10.3. The maximum absolute atomic E-state index is 11.9. The Bertz CT molecular complexity index is 692. The molecule has 3 rings (SSSR count). The van der Waals surface area contributed by atoms with Crippen LogP contribution in [0.2, 0.25) is 0 Å². The van der Waals surface area contributed by atoms with Crippen LogP contribution in [0.15, 0.2) is 40.9 Å². The minimum absolute atomic E-state index is 0.132. The van der Waals surface area contributed by atoms with Gasteiger partial charge in [0.15, 0.2) is 5.82 Å². The zero-order chi connectivity index (χ0) is 13.8. The third-order valence-electron chi connectivity index (χ3n) is 2.60. The lowest BCUT2D eigenvalue weighted by atomic mass is 10.1. The van der Waals surface area contributed by atoms with E-state index in [9.17, 15) is 4.79 Å². The molecule has 0 unspecified atom stereocenters. The predicted octanol–water partition coefficient (Wildman–Crippen LogP) is 0.785. The van der Waals surface area contributed by atoms with E-state index in [4.69, 9.17) is 4.52 Å². The van der Waals surface area contributed by atoms with E-state index in [1.807, 2.05) is 30.3 Å². The first-order valence-electron chi connectivity index (χ1n) is 5.85. The number of carbonyl (C=O) groups excluding carboxylic acids is 1. The smallest absolute Gasteiger partial charge is 0.290 e. The van der Waals surface area contributed by atoms with Gasteiger partial charge < -0.3 is 9.84 Å². The molecule has 0 atom stereocenters. The molecule has 0 aliphatic rings. The van der Waals surface area contributed by atoms with Crippen LogP contribution in [0, 0.1) is 0 Å². The van der Waals surface area contributed by atoms with Crippen LogP contribution < -0.4 is 5.32 Å². The maximum Gasteiger partial charge on any atom is 0.290 e. The number of nitrogens with zero attached hydrogens (tertiary/aromatic N) is 4. The molecule has 2 heterocycles. The Morgan fingerprint density at radius 2 is 2.15 bits per heavy atom. The molecule has 1 amide bonds. The molecule has 0 bridgehead atoms. The van der Waals surface area contributed by atoms with E-state index >= 15 is 0 Å². The number of rotatable bonds is 4. The van der Waals surface area contributed by atoms with E-state index in [1.165, 1.54) is 0 Å². The minimum Gasteiger partial charge on any atom is -0.350 e. The lowest BCUT2D eigenvalue weighted by Crippen LogP contribution is -2.22. The molecule has 0 radical (unpaired) electrons. The molecule has 0 fully saturated rings. The Morgan fingerprint density at radius 3 is 2.90 bits per heavy atom. The number of benzene rings is 1. The summed E-state index contributed by atoms with van der Waals surface area (Å²) in [5, 5.41) is 19.6. The van der Waals surface area contributed by atoms with Crippen LogP contribution in [0.1, 0.15) is 16.4 Å². The fourth-order valence-electron chi connectivity index (χ4n) is 1.63. The van der Waals surface area contributed by atoms with Crippen LogP contribution in [-0.4, -0.2) is 31.7 Å². The normalized spacial score (nSPS) is 10.4. The van der Waals surface area contributed by atoms with Gasteiger partial charge in [0.2, 0.25) is 5.76 Å². The highest BCUT2D eigenvalue weighted by Gasteiger charge is 2.14. The Hall–Kier alpha value is -3.03. The molecule has 0 aliphatic carbocycles.